The van der Waals surface area contributed by atoms with Gasteiger partial charge in [0.2, 0.25) is 5.91 Å². The predicted molar refractivity (Wildman–Crippen MR) is 108 cm³/mol. The Bertz CT molecular complexity index is 808. The molecule has 2 rings (SSSR count). The molecule has 0 aromatic heterocycles. The van der Waals surface area contributed by atoms with Crippen LogP contribution in [0.3, 0.4) is 0 Å². The number of anilines is 2. The largest absolute Gasteiger partial charge is 0.332 e. The fraction of sp³-hybridized carbons (Fsp3) is 0.118. The summed E-state index contributed by atoms with van der Waals surface area (Å²) in [6.45, 7) is 3.35. The van der Waals surface area contributed by atoms with Crippen LogP contribution in [0.2, 0.25) is 0 Å². The van der Waals surface area contributed by atoms with Crippen molar-refractivity contribution in [2.45, 2.75) is 13.8 Å². The van der Waals surface area contributed by atoms with Crippen LogP contribution in [-0.4, -0.2) is 16.9 Å². The van der Waals surface area contributed by atoms with Gasteiger partial charge in [0.25, 0.3) is 5.91 Å². The summed E-state index contributed by atoms with van der Waals surface area (Å²) in [7, 11) is 0. The lowest BCUT2D eigenvalue weighted by Gasteiger charge is -2.12. The highest BCUT2D eigenvalue weighted by Gasteiger charge is 2.09. The van der Waals surface area contributed by atoms with Crippen molar-refractivity contribution >= 4 is 63.1 Å². The Labute approximate surface area is 159 Å². The summed E-state index contributed by atoms with van der Waals surface area (Å²) >= 11 is 7.32. The summed E-state index contributed by atoms with van der Waals surface area (Å²) in [4.78, 5) is 23.4. The van der Waals surface area contributed by atoms with Gasteiger partial charge in [0.05, 0.1) is 0 Å². The molecule has 0 fully saturated rings. The Balaban J connectivity index is 2.04. The second-order valence-corrected chi connectivity index (χ2v) is 6.78. The lowest BCUT2D eigenvalue weighted by Crippen LogP contribution is -2.34. The summed E-state index contributed by atoms with van der Waals surface area (Å²) in [5, 5.41) is 8.52. The highest BCUT2D eigenvalue weighted by Crippen LogP contribution is 2.20. The second kappa shape index (κ2) is 8.20. The number of carbonyl (C=O) groups excluding carboxylic acids is 2. The van der Waals surface area contributed by atoms with Gasteiger partial charge < -0.3 is 10.6 Å². The van der Waals surface area contributed by atoms with E-state index in [-0.39, 0.29) is 16.9 Å². The van der Waals surface area contributed by atoms with Gasteiger partial charge in [-0.15, -0.1) is 0 Å². The summed E-state index contributed by atoms with van der Waals surface area (Å²) in [6, 6.07) is 12.7. The van der Waals surface area contributed by atoms with Crippen LogP contribution >= 0.6 is 34.8 Å². The van der Waals surface area contributed by atoms with Crippen molar-refractivity contribution in [1.29, 1.82) is 0 Å². The molecule has 0 bridgehead atoms. The van der Waals surface area contributed by atoms with E-state index in [0.717, 1.165) is 9.13 Å². The van der Waals surface area contributed by atoms with E-state index in [1.807, 2.05) is 31.2 Å². The molecule has 3 N–H and O–H groups in total. The van der Waals surface area contributed by atoms with Gasteiger partial charge in [-0.2, -0.15) is 0 Å². The third-order valence-electron chi connectivity index (χ3n) is 3.12. The molecule has 24 heavy (non-hydrogen) atoms. The number of rotatable bonds is 3. The molecule has 124 valence electrons. The number of halogens is 1. The number of amides is 2. The van der Waals surface area contributed by atoms with E-state index < -0.39 is 0 Å². The Kier molecular flexibility index (Phi) is 6.27. The van der Waals surface area contributed by atoms with E-state index >= 15 is 0 Å². The zero-order valence-electron chi connectivity index (χ0n) is 13.1. The lowest BCUT2D eigenvalue weighted by atomic mass is 10.2. The molecule has 0 heterocycles. The minimum absolute atomic E-state index is 0.148. The Morgan fingerprint density at radius 3 is 2.50 bits per heavy atom. The highest BCUT2D eigenvalue weighted by atomic mass is 127. The molecule has 2 aromatic carbocycles. The van der Waals surface area contributed by atoms with E-state index in [9.17, 15) is 9.59 Å². The smallest absolute Gasteiger partial charge is 0.257 e. The van der Waals surface area contributed by atoms with Crippen LogP contribution in [0.25, 0.3) is 0 Å². The molecule has 0 spiro atoms. The van der Waals surface area contributed by atoms with Crippen molar-refractivity contribution in [2.24, 2.45) is 0 Å². The van der Waals surface area contributed by atoms with Gasteiger partial charge in [0.15, 0.2) is 5.11 Å². The molecule has 2 aromatic rings. The number of hydrogen-bond acceptors (Lipinski definition) is 3. The van der Waals surface area contributed by atoms with Gasteiger partial charge in [0.1, 0.15) is 0 Å². The standard InChI is InChI=1S/C17H16IN3O2S/c1-10-6-7-14(9-15(10)19-11(2)22)20-17(24)21-16(23)12-4-3-5-13(18)8-12/h3-9H,1-2H3,(H,19,22)(H2,20,21,23,24). The van der Waals surface area contributed by atoms with Gasteiger partial charge >= 0.3 is 0 Å². The molecule has 0 unspecified atom stereocenters. The van der Waals surface area contributed by atoms with Crippen LogP contribution in [0.4, 0.5) is 11.4 Å². The number of aryl methyl sites for hydroxylation is 1. The number of thiocarbonyl (C=S) groups is 1. The third-order valence-corrected chi connectivity index (χ3v) is 4.00. The molecule has 5 nitrogen and oxygen atoms in total. The van der Waals surface area contributed by atoms with Crippen LogP contribution in [0, 0.1) is 10.5 Å². The van der Waals surface area contributed by atoms with Crippen molar-refractivity contribution in [3.63, 3.8) is 0 Å². The molecule has 0 atom stereocenters. The highest BCUT2D eigenvalue weighted by molar-refractivity contribution is 14.1. The van der Waals surface area contributed by atoms with Crippen LogP contribution in [-0.2, 0) is 4.79 Å². The van der Waals surface area contributed by atoms with Crippen molar-refractivity contribution in [3.8, 4) is 0 Å². The molecular weight excluding hydrogens is 437 g/mol. The number of nitrogens with one attached hydrogen (secondary N) is 3. The van der Waals surface area contributed by atoms with E-state index in [1.165, 1.54) is 6.92 Å². The lowest BCUT2D eigenvalue weighted by molar-refractivity contribution is -0.114. The summed E-state index contributed by atoms with van der Waals surface area (Å²) in [5.41, 5.74) is 2.84. The SMILES string of the molecule is CC(=O)Nc1cc(NC(=S)NC(=O)c2cccc(I)c2)ccc1C. The maximum atomic E-state index is 12.2. The third kappa shape index (κ3) is 5.27. The summed E-state index contributed by atoms with van der Waals surface area (Å²) in [6.07, 6.45) is 0. The quantitative estimate of drug-likeness (QED) is 0.490. The van der Waals surface area contributed by atoms with Gasteiger partial charge in [-0.1, -0.05) is 12.1 Å². The van der Waals surface area contributed by atoms with Crippen LogP contribution in [0.15, 0.2) is 42.5 Å². The molecule has 0 aliphatic heterocycles. The second-order valence-electron chi connectivity index (χ2n) is 5.13. The van der Waals surface area contributed by atoms with E-state index in [4.69, 9.17) is 12.2 Å². The van der Waals surface area contributed by atoms with E-state index in [2.05, 4.69) is 38.5 Å². The first kappa shape index (κ1) is 18.3. The zero-order valence-corrected chi connectivity index (χ0v) is 16.1. The average molecular weight is 453 g/mol. The molecule has 0 aliphatic rings. The van der Waals surface area contributed by atoms with Crippen LogP contribution in [0.5, 0.6) is 0 Å². The first-order valence-corrected chi connectivity index (χ1v) is 8.60. The Morgan fingerprint density at radius 2 is 1.83 bits per heavy atom. The zero-order chi connectivity index (χ0) is 17.7. The Morgan fingerprint density at radius 1 is 1.08 bits per heavy atom. The maximum Gasteiger partial charge on any atom is 0.257 e. The Hall–Kier alpha value is -2.00. The molecule has 0 saturated heterocycles. The molecular formula is C17H16IN3O2S. The molecule has 0 aliphatic carbocycles. The monoisotopic (exact) mass is 453 g/mol. The summed E-state index contributed by atoms with van der Waals surface area (Å²) < 4.78 is 0.970. The molecule has 2 amide bonds. The number of carbonyl (C=O) groups is 2. The molecule has 0 saturated carbocycles. The average Bonchev–Trinajstić information content (AvgIpc) is 2.50. The predicted octanol–water partition coefficient (Wildman–Crippen LogP) is 3.68. The minimum Gasteiger partial charge on any atom is -0.332 e. The number of hydrogen-bond donors (Lipinski definition) is 3. The fourth-order valence-electron chi connectivity index (χ4n) is 1.99. The molecule has 7 heteroatoms. The first-order chi connectivity index (χ1) is 11.3. The van der Waals surface area contributed by atoms with E-state index in [1.54, 1.807) is 18.2 Å². The van der Waals surface area contributed by atoms with Gasteiger partial charge in [-0.05, 0) is 77.6 Å². The first-order valence-electron chi connectivity index (χ1n) is 7.11. The van der Waals surface area contributed by atoms with Crippen molar-refractivity contribution in [1.82, 2.24) is 5.32 Å². The topological polar surface area (TPSA) is 70.2 Å². The van der Waals surface area contributed by atoms with Gasteiger partial charge in [-0.3, -0.25) is 14.9 Å². The van der Waals surface area contributed by atoms with Crippen LogP contribution in [0.1, 0.15) is 22.8 Å². The minimum atomic E-state index is -0.278. The van der Waals surface area contributed by atoms with Crippen molar-refractivity contribution in [2.75, 3.05) is 10.6 Å². The molecule has 0 radical (unpaired) electrons. The maximum absolute atomic E-state index is 12.2. The van der Waals surface area contributed by atoms with Gasteiger partial charge in [0, 0.05) is 27.4 Å². The normalized spacial score (nSPS) is 9.96. The number of benzene rings is 2. The van der Waals surface area contributed by atoms with E-state index in [0.29, 0.717) is 16.9 Å². The van der Waals surface area contributed by atoms with Crippen molar-refractivity contribution in [3.05, 3.63) is 57.2 Å². The van der Waals surface area contributed by atoms with Crippen LogP contribution < -0.4 is 16.0 Å². The fourth-order valence-corrected chi connectivity index (χ4v) is 2.75. The summed E-state index contributed by atoms with van der Waals surface area (Å²) in [5.74, 6) is -0.426. The van der Waals surface area contributed by atoms with Crippen molar-refractivity contribution < 1.29 is 9.59 Å². The van der Waals surface area contributed by atoms with Gasteiger partial charge in [-0.25, -0.2) is 0 Å².